The van der Waals surface area contributed by atoms with Crippen LogP contribution in [-0.2, 0) is 11.3 Å². The first-order valence-corrected chi connectivity index (χ1v) is 7.13. The molecule has 1 N–H and O–H groups in total. The molecular weight excluding hydrogens is 255 g/mol. The van der Waals surface area contributed by atoms with Crippen LogP contribution in [0.3, 0.4) is 0 Å². The Morgan fingerprint density at radius 2 is 2.05 bits per heavy atom. The lowest BCUT2D eigenvalue weighted by molar-refractivity contribution is -0.136. The minimum atomic E-state index is -0.252. The van der Waals surface area contributed by atoms with E-state index in [1.54, 1.807) is 24.1 Å². The molecule has 1 aromatic rings. The molecule has 110 valence electrons. The number of nitrogens with one attached hydrogen (secondary N) is 1. The number of halogens is 1. The number of carbonyl (C=O) groups excluding carboxylic acids is 1. The molecular formula is C16H23FN2O. The molecule has 4 heteroatoms. The number of rotatable bonds is 3. The van der Waals surface area contributed by atoms with Gasteiger partial charge in [0.25, 0.3) is 0 Å². The minimum absolute atomic E-state index is 0.0214. The molecule has 0 aliphatic carbocycles. The van der Waals surface area contributed by atoms with Gasteiger partial charge in [-0.15, -0.1) is 0 Å². The summed E-state index contributed by atoms with van der Waals surface area (Å²) < 4.78 is 12.9. The first kappa shape index (κ1) is 15.0. The summed E-state index contributed by atoms with van der Waals surface area (Å²) in [4.78, 5) is 14.3. The molecule has 1 heterocycles. The van der Waals surface area contributed by atoms with Gasteiger partial charge in [0.1, 0.15) is 5.82 Å². The fraction of sp³-hybridized carbons (Fsp3) is 0.562. The van der Waals surface area contributed by atoms with Crippen LogP contribution < -0.4 is 5.32 Å². The van der Waals surface area contributed by atoms with Gasteiger partial charge in [-0.05, 0) is 42.5 Å². The van der Waals surface area contributed by atoms with E-state index in [-0.39, 0.29) is 23.2 Å². The SMILES string of the molecule is CN(Cc1ccc(F)cc1)C(=O)C1NCCCC1(C)C. The van der Waals surface area contributed by atoms with Crippen molar-refractivity contribution in [3.05, 3.63) is 35.6 Å². The van der Waals surface area contributed by atoms with Crippen molar-refractivity contribution >= 4 is 5.91 Å². The number of nitrogens with zero attached hydrogens (tertiary/aromatic N) is 1. The zero-order valence-corrected chi connectivity index (χ0v) is 12.4. The third-order valence-electron chi connectivity index (χ3n) is 4.08. The topological polar surface area (TPSA) is 32.3 Å². The summed E-state index contributed by atoms with van der Waals surface area (Å²) in [5.74, 6) is -0.142. The van der Waals surface area contributed by atoms with Crippen molar-refractivity contribution in [2.45, 2.75) is 39.3 Å². The number of amides is 1. The summed E-state index contributed by atoms with van der Waals surface area (Å²) in [5.41, 5.74) is 0.919. The molecule has 0 aromatic heterocycles. The number of hydrogen-bond acceptors (Lipinski definition) is 2. The van der Waals surface area contributed by atoms with Gasteiger partial charge in [-0.25, -0.2) is 4.39 Å². The first-order chi connectivity index (χ1) is 9.40. The highest BCUT2D eigenvalue weighted by molar-refractivity contribution is 5.82. The van der Waals surface area contributed by atoms with Gasteiger partial charge in [-0.3, -0.25) is 4.79 Å². The molecule has 1 saturated heterocycles. The number of hydrogen-bond donors (Lipinski definition) is 1. The van der Waals surface area contributed by atoms with Crippen LogP contribution in [0.25, 0.3) is 0 Å². The zero-order chi connectivity index (χ0) is 14.8. The van der Waals surface area contributed by atoms with Gasteiger partial charge in [0, 0.05) is 13.6 Å². The number of benzene rings is 1. The maximum absolute atomic E-state index is 12.9. The van der Waals surface area contributed by atoms with Crippen LogP contribution in [0, 0.1) is 11.2 Å². The molecule has 0 bridgehead atoms. The van der Waals surface area contributed by atoms with Crippen LogP contribution in [0.1, 0.15) is 32.3 Å². The molecule has 3 nitrogen and oxygen atoms in total. The molecule has 2 rings (SSSR count). The highest BCUT2D eigenvalue weighted by Gasteiger charge is 2.38. The van der Waals surface area contributed by atoms with Crippen molar-refractivity contribution in [1.82, 2.24) is 10.2 Å². The Morgan fingerprint density at radius 3 is 2.65 bits per heavy atom. The Kier molecular flexibility index (Phi) is 4.43. The lowest BCUT2D eigenvalue weighted by Gasteiger charge is -2.40. The normalized spacial score (nSPS) is 21.5. The quantitative estimate of drug-likeness (QED) is 0.921. The maximum atomic E-state index is 12.9. The van der Waals surface area contributed by atoms with Crippen molar-refractivity contribution < 1.29 is 9.18 Å². The van der Waals surface area contributed by atoms with Gasteiger partial charge < -0.3 is 10.2 Å². The van der Waals surface area contributed by atoms with Crippen LogP contribution in [0.15, 0.2) is 24.3 Å². The smallest absolute Gasteiger partial charge is 0.240 e. The Hall–Kier alpha value is -1.42. The van der Waals surface area contributed by atoms with Crippen LogP contribution in [0.2, 0.25) is 0 Å². The fourth-order valence-corrected chi connectivity index (χ4v) is 2.79. The van der Waals surface area contributed by atoms with Crippen molar-refractivity contribution in [2.24, 2.45) is 5.41 Å². The van der Waals surface area contributed by atoms with Gasteiger partial charge in [0.15, 0.2) is 0 Å². The van der Waals surface area contributed by atoms with Crippen LogP contribution in [-0.4, -0.2) is 30.4 Å². The molecule has 1 amide bonds. The van der Waals surface area contributed by atoms with E-state index in [0.717, 1.165) is 24.9 Å². The van der Waals surface area contributed by atoms with Crippen molar-refractivity contribution in [1.29, 1.82) is 0 Å². The zero-order valence-electron chi connectivity index (χ0n) is 12.4. The Morgan fingerprint density at radius 1 is 1.40 bits per heavy atom. The Bertz CT molecular complexity index is 470. The van der Waals surface area contributed by atoms with E-state index in [0.29, 0.717) is 6.54 Å². The standard InChI is InChI=1S/C16H23FN2O/c1-16(2)9-4-10-18-14(16)15(20)19(3)11-12-5-7-13(17)8-6-12/h5-8,14,18H,4,9-11H2,1-3H3. The third kappa shape index (κ3) is 3.37. The number of likely N-dealkylation sites (N-methyl/N-ethyl adjacent to an activating group) is 1. The van der Waals surface area contributed by atoms with Gasteiger partial charge in [0.05, 0.1) is 6.04 Å². The van der Waals surface area contributed by atoms with Crippen molar-refractivity contribution in [2.75, 3.05) is 13.6 Å². The Labute approximate surface area is 120 Å². The Balaban J connectivity index is 2.02. The molecule has 1 aliphatic rings. The summed E-state index contributed by atoms with van der Waals surface area (Å²) >= 11 is 0. The van der Waals surface area contributed by atoms with E-state index in [2.05, 4.69) is 19.2 Å². The fourth-order valence-electron chi connectivity index (χ4n) is 2.79. The van der Waals surface area contributed by atoms with Gasteiger partial charge in [-0.1, -0.05) is 26.0 Å². The van der Waals surface area contributed by atoms with E-state index < -0.39 is 0 Å². The maximum Gasteiger partial charge on any atom is 0.240 e. The molecule has 0 spiro atoms. The van der Waals surface area contributed by atoms with Gasteiger partial charge in [-0.2, -0.15) is 0 Å². The average molecular weight is 278 g/mol. The van der Waals surface area contributed by atoms with E-state index >= 15 is 0 Å². The van der Waals surface area contributed by atoms with E-state index in [1.807, 2.05) is 0 Å². The molecule has 0 saturated carbocycles. The van der Waals surface area contributed by atoms with Gasteiger partial charge in [0.2, 0.25) is 5.91 Å². The lowest BCUT2D eigenvalue weighted by Crippen LogP contribution is -2.55. The largest absolute Gasteiger partial charge is 0.340 e. The summed E-state index contributed by atoms with van der Waals surface area (Å²) in [6.45, 7) is 5.67. The first-order valence-electron chi connectivity index (χ1n) is 7.13. The molecule has 20 heavy (non-hydrogen) atoms. The second kappa shape index (κ2) is 5.92. The van der Waals surface area contributed by atoms with Crippen molar-refractivity contribution in [3.63, 3.8) is 0 Å². The highest BCUT2D eigenvalue weighted by Crippen LogP contribution is 2.31. The van der Waals surface area contributed by atoms with E-state index in [9.17, 15) is 9.18 Å². The molecule has 1 atom stereocenters. The molecule has 1 aromatic carbocycles. The summed E-state index contributed by atoms with van der Waals surface area (Å²) in [6, 6.07) is 6.16. The van der Waals surface area contributed by atoms with Crippen molar-refractivity contribution in [3.8, 4) is 0 Å². The molecule has 1 aliphatic heterocycles. The summed E-state index contributed by atoms with van der Waals surface area (Å²) in [5, 5.41) is 3.33. The number of carbonyl (C=O) groups is 1. The molecule has 0 radical (unpaired) electrons. The predicted octanol–water partition coefficient (Wildman–Crippen LogP) is 2.56. The van der Waals surface area contributed by atoms with Gasteiger partial charge >= 0.3 is 0 Å². The molecule has 1 fully saturated rings. The predicted molar refractivity (Wildman–Crippen MR) is 77.7 cm³/mol. The monoisotopic (exact) mass is 278 g/mol. The van der Waals surface area contributed by atoms with E-state index in [4.69, 9.17) is 0 Å². The third-order valence-corrected chi connectivity index (χ3v) is 4.08. The van der Waals surface area contributed by atoms with Crippen LogP contribution in [0.5, 0.6) is 0 Å². The second-order valence-corrected chi connectivity index (χ2v) is 6.30. The summed E-state index contributed by atoms with van der Waals surface area (Å²) in [7, 11) is 1.80. The highest BCUT2D eigenvalue weighted by atomic mass is 19.1. The minimum Gasteiger partial charge on any atom is -0.340 e. The number of piperidine rings is 1. The van der Waals surface area contributed by atoms with Crippen LogP contribution >= 0.6 is 0 Å². The lowest BCUT2D eigenvalue weighted by atomic mass is 9.77. The van der Waals surface area contributed by atoms with Crippen LogP contribution in [0.4, 0.5) is 4.39 Å². The van der Waals surface area contributed by atoms with E-state index in [1.165, 1.54) is 12.1 Å². The summed E-state index contributed by atoms with van der Waals surface area (Å²) in [6.07, 6.45) is 2.17. The average Bonchev–Trinajstić information content (AvgIpc) is 2.40. The second-order valence-electron chi connectivity index (χ2n) is 6.30. The molecule has 1 unspecified atom stereocenters.